The molecule has 1 heterocycles. The average molecular weight is 377 g/mol. The molecule has 0 aliphatic heterocycles. The van der Waals surface area contributed by atoms with Crippen molar-refractivity contribution in [3.05, 3.63) is 82.0 Å². The van der Waals surface area contributed by atoms with Crippen LogP contribution >= 0.6 is 23.2 Å². The largest absolute Gasteiger partial charge is 0.455 e. The smallest absolute Gasteiger partial charge is 0.158 e. The van der Waals surface area contributed by atoms with Gasteiger partial charge < -0.3 is 14.8 Å². The molecule has 1 aromatic heterocycles. The first-order valence-corrected chi connectivity index (χ1v) is 8.90. The number of quaternary nitrogens is 1. The van der Waals surface area contributed by atoms with Gasteiger partial charge in [-0.05, 0) is 42.8 Å². The second-order valence-electron chi connectivity index (χ2n) is 6.08. The summed E-state index contributed by atoms with van der Waals surface area (Å²) in [7, 11) is 0. The number of rotatable bonds is 6. The number of nitrogens with two attached hydrogens (primary N) is 1. The van der Waals surface area contributed by atoms with E-state index in [1.807, 2.05) is 61.5 Å². The van der Waals surface area contributed by atoms with Gasteiger partial charge in [0.15, 0.2) is 5.76 Å². The van der Waals surface area contributed by atoms with E-state index < -0.39 is 6.10 Å². The molecule has 0 saturated carbocycles. The maximum Gasteiger partial charge on any atom is 0.158 e. The summed E-state index contributed by atoms with van der Waals surface area (Å²) in [6.45, 7) is 2.64. The van der Waals surface area contributed by atoms with Crippen LogP contribution in [0.25, 0.3) is 11.3 Å². The van der Waals surface area contributed by atoms with Crippen molar-refractivity contribution in [3.63, 3.8) is 0 Å². The highest BCUT2D eigenvalue weighted by Crippen LogP contribution is 2.28. The molecule has 0 aliphatic carbocycles. The van der Waals surface area contributed by atoms with Crippen LogP contribution in [0.3, 0.4) is 0 Å². The molecule has 0 aliphatic rings. The van der Waals surface area contributed by atoms with Crippen LogP contribution in [0.5, 0.6) is 0 Å². The SMILES string of the molecule is C[C@H]([NH2+]Cc1ccc(-c2cc(Cl)cc(Cl)c2)o1)[C@@H](O)c1ccccc1. The molecule has 3 rings (SSSR count). The number of aliphatic hydroxyl groups excluding tert-OH is 1. The molecule has 0 spiro atoms. The third kappa shape index (κ3) is 4.65. The lowest BCUT2D eigenvalue weighted by atomic mass is 10.0. The molecule has 3 N–H and O–H groups in total. The Morgan fingerprint density at radius 1 is 1.00 bits per heavy atom. The zero-order chi connectivity index (χ0) is 17.8. The van der Waals surface area contributed by atoms with Crippen molar-refractivity contribution in [3.8, 4) is 11.3 Å². The molecule has 130 valence electrons. The van der Waals surface area contributed by atoms with E-state index in [1.54, 1.807) is 6.07 Å². The number of hydrogen-bond acceptors (Lipinski definition) is 2. The lowest BCUT2D eigenvalue weighted by molar-refractivity contribution is -0.710. The monoisotopic (exact) mass is 376 g/mol. The molecule has 0 amide bonds. The first-order chi connectivity index (χ1) is 12.0. The van der Waals surface area contributed by atoms with Gasteiger partial charge >= 0.3 is 0 Å². The summed E-state index contributed by atoms with van der Waals surface area (Å²) >= 11 is 12.1. The molecule has 5 heteroatoms. The minimum Gasteiger partial charge on any atom is -0.455 e. The van der Waals surface area contributed by atoms with Gasteiger partial charge in [-0.15, -0.1) is 0 Å². The molecule has 0 fully saturated rings. The summed E-state index contributed by atoms with van der Waals surface area (Å²) in [5.74, 6) is 1.56. The average Bonchev–Trinajstić information content (AvgIpc) is 3.08. The molecular weight excluding hydrogens is 357 g/mol. The van der Waals surface area contributed by atoms with E-state index in [-0.39, 0.29) is 6.04 Å². The van der Waals surface area contributed by atoms with Crippen LogP contribution in [-0.2, 0) is 6.54 Å². The summed E-state index contributed by atoms with van der Waals surface area (Å²) in [5.41, 5.74) is 1.76. The highest BCUT2D eigenvalue weighted by molar-refractivity contribution is 6.35. The molecule has 0 unspecified atom stereocenters. The van der Waals surface area contributed by atoms with Crippen LogP contribution in [0.15, 0.2) is 65.1 Å². The van der Waals surface area contributed by atoms with Gasteiger partial charge in [-0.2, -0.15) is 0 Å². The maximum atomic E-state index is 10.4. The van der Waals surface area contributed by atoms with Crippen LogP contribution in [0.4, 0.5) is 0 Å². The zero-order valence-corrected chi connectivity index (χ0v) is 15.3. The Hall–Kier alpha value is -1.78. The summed E-state index contributed by atoms with van der Waals surface area (Å²) in [6, 6.07) is 18.9. The van der Waals surface area contributed by atoms with E-state index in [0.717, 1.165) is 22.6 Å². The van der Waals surface area contributed by atoms with Crippen LogP contribution in [0.2, 0.25) is 10.0 Å². The standard InChI is InChI=1S/C20H19Cl2NO2/c1-13(20(24)14-5-3-2-4-6-14)23-12-18-7-8-19(25-18)15-9-16(21)11-17(22)10-15/h2-11,13,20,23-24H,12H2,1H3/p+1/t13-,20+/m0/s1. The Morgan fingerprint density at radius 2 is 1.68 bits per heavy atom. The Balaban J connectivity index is 1.63. The molecular formula is C20H20Cl2NO2+. The van der Waals surface area contributed by atoms with E-state index in [9.17, 15) is 5.11 Å². The highest BCUT2D eigenvalue weighted by Gasteiger charge is 2.19. The highest BCUT2D eigenvalue weighted by atomic mass is 35.5. The molecule has 0 bridgehead atoms. The van der Waals surface area contributed by atoms with Crippen molar-refractivity contribution in [2.24, 2.45) is 0 Å². The predicted octanol–water partition coefficient (Wildman–Crippen LogP) is 4.44. The number of aliphatic hydroxyl groups is 1. The first kappa shape index (κ1) is 18.0. The van der Waals surface area contributed by atoms with E-state index >= 15 is 0 Å². The Kier molecular flexibility index (Phi) is 5.82. The van der Waals surface area contributed by atoms with Crippen LogP contribution < -0.4 is 5.32 Å². The van der Waals surface area contributed by atoms with Crippen LogP contribution in [0.1, 0.15) is 24.4 Å². The fourth-order valence-electron chi connectivity index (χ4n) is 2.72. The van der Waals surface area contributed by atoms with Crippen molar-refractivity contribution in [1.82, 2.24) is 0 Å². The van der Waals surface area contributed by atoms with Crippen molar-refractivity contribution >= 4 is 23.2 Å². The van der Waals surface area contributed by atoms with Gasteiger partial charge in [0.05, 0.1) is 0 Å². The minimum absolute atomic E-state index is 0.0107. The molecule has 2 aromatic carbocycles. The van der Waals surface area contributed by atoms with Gasteiger partial charge in [0, 0.05) is 15.6 Å². The minimum atomic E-state index is -0.526. The van der Waals surface area contributed by atoms with Gasteiger partial charge in [0.2, 0.25) is 0 Å². The van der Waals surface area contributed by atoms with Gasteiger partial charge in [-0.3, -0.25) is 0 Å². The third-order valence-corrected chi connectivity index (χ3v) is 4.58. The van der Waals surface area contributed by atoms with Gasteiger partial charge in [-0.25, -0.2) is 0 Å². The quantitative estimate of drug-likeness (QED) is 0.667. The summed E-state index contributed by atoms with van der Waals surface area (Å²) in [5, 5.41) is 13.6. The van der Waals surface area contributed by atoms with Gasteiger partial charge in [-0.1, -0.05) is 53.5 Å². The van der Waals surface area contributed by atoms with Crippen molar-refractivity contribution < 1.29 is 14.8 Å². The fourth-order valence-corrected chi connectivity index (χ4v) is 3.25. The molecule has 0 radical (unpaired) electrons. The summed E-state index contributed by atoms with van der Waals surface area (Å²) in [4.78, 5) is 0. The van der Waals surface area contributed by atoms with E-state index in [0.29, 0.717) is 16.6 Å². The number of hydrogen-bond donors (Lipinski definition) is 2. The lowest BCUT2D eigenvalue weighted by Crippen LogP contribution is -2.88. The molecule has 25 heavy (non-hydrogen) atoms. The normalized spacial score (nSPS) is 13.6. The number of furan rings is 1. The molecule has 0 saturated heterocycles. The van der Waals surface area contributed by atoms with Gasteiger partial charge in [0.1, 0.15) is 24.5 Å². The first-order valence-electron chi connectivity index (χ1n) is 8.14. The Bertz CT molecular complexity index is 812. The van der Waals surface area contributed by atoms with E-state index in [1.165, 1.54) is 0 Å². The maximum absolute atomic E-state index is 10.4. The van der Waals surface area contributed by atoms with Crippen molar-refractivity contribution in [2.45, 2.75) is 25.6 Å². The summed E-state index contributed by atoms with van der Waals surface area (Å²) in [6.07, 6.45) is -0.526. The number of halogens is 2. The number of benzene rings is 2. The van der Waals surface area contributed by atoms with Crippen molar-refractivity contribution in [2.75, 3.05) is 0 Å². The molecule has 3 aromatic rings. The lowest BCUT2D eigenvalue weighted by Gasteiger charge is -2.17. The second-order valence-corrected chi connectivity index (χ2v) is 6.95. The Labute approximate surface area is 157 Å². The van der Waals surface area contributed by atoms with Gasteiger partial charge in [0.25, 0.3) is 0 Å². The topological polar surface area (TPSA) is 50.0 Å². The second kappa shape index (κ2) is 8.07. The fraction of sp³-hybridized carbons (Fsp3) is 0.200. The van der Waals surface area contributed by atoms with Crippen molar-refractivity contribution in [1.29, 1.82) is 0 Å². The van der Waals surface area contributed by atoms with E-state index in [4.69, 9.17) is 27.6 Å². The predicted molar refractivity (Wildman–Crippen MR) is 101 cm³/mol. The van der Waals surface area contributed by atoms with E-state index in [2.05, 4.69) is 5.32 Å². The van der Waals surface area contributed by atoms with Crippen LogP contribution in [0, 0.1) is 0 Å². The summed E-state index contributed by atoms with van der Waals surface area (Å²) < 4.78 is 5.89. The molecule has 3 nitrogen and oxygen atoms in total. The third-order valence-electron chi connectivity index (χ3n) is 4.14. The Morgan fingerprint density at radius 3 is 2.36 bits per heavy atom. The zero-order valence-electron chi connectivity index (χ0n) is 13.8. The van der Waals surface area contributed by atoms with Crippen LogP contribution in [-0.4, -0.2) is 11.1 Å². The molecule has 2 atom stereocenters.